The topological polar surface area (TPSA) is 25.4 Å². The predicted molar refractivity (Wildman–Crippen MR) is 50.6 cm³/mol. The van der Waals surface area contributed by atoms with Crippen molar-refractivity contribution in [3.63, 3.8) is 0 Å². The zero-order valence-electron chi connectivity index (χ0n) is 8.16. The quantitative estimate of drug-likeness (QED) is 0.686. The van der Waals surface area contributed by atoms with Crippen LogP contribution >= 0.6 is 0 Å². The highest BCUT2D eigenvalue weighted by Crippen LogP contribution is 2.14. The van der Waals surface area contributed by atoms with Crippen LogP contribution in [0.5, 0.6) is 5.75 Å². The van der Waals surface area contributed by atoms with Crippen molar-refractivity contribution in [2.75, 3.05) is 19.8 Å². The molecule has 76 valence electrons. The second-order valence-corrected chi connectivity index (χ2v) is 3.52. The molecule has 3 nitrogen and oxygen atoms in total. The molecule has 0 amide bonds. The van der Waals surface area contributed by atoms with Gasteiger partial charge in [-0.15, -0.1) is 0 Å². The van der Waals surface area contributed by atoms with Crippen molar-refractivity contribution < 1.29 is 9.13 Å². The fourth-order valence-corrected chi connectivity index (χ4v) is 1.29. The number of halogens is 1. The maximum atomic E-state index is 12.8. The standard InChI is InChI=1S/C10H13FN2O/c1-8-5-9(6-12-10(8)11)14-7-13-3-2-4-13/h5-6H,2-4,7H2,1H3. The lowest BCUT2D eigenvalue weighted by atomic mass is 10.2. The van der Waals surface area contributed by atoms with Crippen LogP contribution in [0.25, 0.3) is 0 Å². The summed E-state index contributed by atoms with van der Waals surface area (Å²) in [4.78, 5) is 5.77. The molecule has 0 aliphatic carbocycles. The van der Waals surface area contributed by atoms with Crippen LogP contribution in [0.1, 0.15) is 12.0 Å². The molecule has 2 heterocycles. The van der Waals surface area contributed by atoms with Crippen LogP contribution in [0.3, 0.4) is 0 Å². The Balaban J connectivity index is 1.91. The van der Waals surface area contributed by atoms with Gasteiger partial charge in [0.1, 0.15) is 12.5 Å². The third kappa shape index (κ3) is 2.01. The summed E-state index contributed by atoms with van der Waals surface area (Å²) < 4.78 is 18.2. The van der Waals surface area contributed by atoms with Gasteiger partial charge in [-0.3, -0.25) is 4.90 Å². The Kier molecular flexibility index (Phi) is 2.63. The van der Waals surface area contributed by atoms with E-state index < -0.39 is 5.95 Å². The van der Waals surface area contributed by atoms with Gasteiger partial charge in [-0.25, -0.2) is 4.98 Å². The summed E-state index contributed by atoms with van der Waals surface area (Å²) in [6, 6.07) is 1.67. The monoisotopic (exact) mass is 196 g/mol. The van der Waals surface area contributed by atoms with Crippen molar-refractivity contribution in [1.82, 2.24) is 9.88 Å². The number of ether oxygens (including phenoxy) is 1. The molecule has 0 aromatic carbocycles. The first-order chi connectivity index (χ1) is 6.75. The van der Waals surface area contributed by atoms with Crippen LogP contribution < -0.4 is 4.74 Å². The maximum Gasteiger partial charge on any atom is 0.215 e. The molecule has 1 aromatic rings. The molecule has 0 saturated carbocycles. The van der Waals surface area contributed by atoms with Crippen molar-refractivity contribution >= 4 is 0 Å². The van der Waals surface area contributed by atoms with Crippen LogP contribution in [0.2, 0.25) is 0 Å². The summed E-state index contributed by atoms with van der Waals surface area (Å²) in [5, 5.41) is 0. The Morgan fingerprint density at radius 1 is 1.57 bits per heavy atom. The molecule has 4 heteroatoms. The minimum Gasteiger partial charge on any atom is -0.477 e. The van der Waals surface area contributed by atoms with Gasteiger partial charge in [0.05, 0.1) is 6.20 Å². The Morgan fingerprint density at radius 3 is 2.93 bits per heavy atom. The highest BCUT2D eigenvalue weighted by atomic mass is 19.1. The molecule has 0 spiro atoms. The lowest BCUT2D eigenvalue weighted by Crippen LogP contribution is -2.39. The van der Waals surface area contributed by atoms with E-state index in [2.05, 4.69) is 9.88 Å². The summed E-state index contributed by atoms with van der Waals surface area (Å²) in [7, 11) is 0. The van der Waals surface area contributed by atoms with E-state index in [1.807, 2.05) is 0 Å². The van der Waals surface area contributed by atoms with Gasteiger partial charge in [0.2, 0.25) is 5.95 Å². The summed E-state index contributed by atoms with van der Waals surface area (Å²) in [6.07, 6.45) is 2.66. The highest BCUT2D eigenvalue weighted by Gasteiger charge is 2.13. The van der Waals surface area contributed by atoms with E-state index in [0.29, 0.717) is 18.0 Å². The van der Waals surface area contributed by atoms with E-state index in [-0.39, 0.29) is 0 Å². The Hall–Kier alpha value is -1.16. The Labute approximate surface area is 82.5 Å². The number of hydrogen-bond donors (Lipinski definition) is 0. The summed E-state index contributed by atoms with van der Waals surface area (Å²) in [5.41, 5.74) is 0.520. The van der Waals surface area contributed by atoms with E-state index in [0.717, 1.165) is 13.1 Å². The van der Waals surface area contributed by atoms with Gasteiger partial charge in [-0.05, 0) is 19.4 Å². The molecular formula is C10H13FN2O. The molecule has 0 radical (unpaired) electrons. The average molecular weight is 196 g/mol. The van der Waals surface area contributed by atoms with Crippen molar-refractivity contribution in [2.45, 2.75) is 13.3 Å². The van der Waals surface area contributed by atoms with Crippen LogP contribution in [-0.4, -0.2) is 29.7 Å². The SMILES string of the molecule is Cc1cc(OCN2CCC2)cnc1F. The van der Waals surface area contributed by atoms with E-state index in [9.17, 15) is 4.39 Å². The van der Waals surface area contributed by atoms with E-state index in [1.54, 1.807) is 13.0 Å². The number of rotatable bonds is 3. The molecule has 0 unspecified atom stereocenters. The van der Waals surface area contributed by atoms with Gasteiger partial charge in [0.15, 0.2) is 0 Å². The van der Waals surface area contributed by atoms with Crippen LogP contribution in [0.15, 0.2) is 12.3 Å². The molecule has 1 aliphatic rings. The first-order valence-corrected chi connectivity index (χ1v) is 4.73. The smallest absolute Gasteiger partial charge is 0.215 e. The lowest BCUT2D eigenvalue weighted by Gasteiger charge is -2.30. The van der Waals surface area contributed by atoms with Crippen molar-refractivity contribution in [3.8, 4) is 5.75 Å². The second kappa shape index (κ2) is 3.92. The second-order valence-electron chi connectivity index (χ2n) is 3.52. The number of hydrogen-bond acceptors (Lipinski definition) is 3. The summed E-state index contributed by atoms with van der Waals surface area (Å²) in [5.74, 6) is 0.206. The van der Waals surface area contributed by atoms with E-state index in [1.165, 1.54) is 12.6 Å². The molecule has 1 aliphatic heterocycles. The predicted octanol–water partition coefficient (Wildman–Crippen LogP) is 1.57. The lowest BCUT2D eigenvalue weighted by molar-refractivity contribution is 0.0727. The number of aryl methyl sites for hydroxylation is 1. The van der Waals surface area contributed by atoms with E-state index in [4.69, 9.17) is 4.74 Å². The molecule has 1 saturated heterocycles. The fourth-order valence-electron chi connectivity index (χ4n) is 1.29. The fraction of sp³-hybridized carbons (Fsp3) is 0.500. The molecule has 0 N–H and O–H groups in total. The third-order valence-electron chi connectivity index (χ3n) is 2.35. The Bertz CT molecular complexity index is 326. The van der Waals surface area contributed by atoms with Crippen molar-refractivity contribution in [2.24, 2.45) is 0 Å². The van der Waals surface area contributed by atoms with Crippen LogP contribution in [-0.2, 0) is 0 Å². The normalized spacial score (nSPS) is 16.4. The van der Waals surface area contributed by atoms with Gasteiger partial charge in [-0.2, -0.15) is 4.39 Å². The van der Waals surface area contributed by atoms with Gasteiger partial charge in [-0.1, -0.05) is 0 Å². The van der Waals surface area contributed by atoms with Crippen LogP contribution in [0.4, 0.5) is 4.39 Å². The molecular weight excluding hydrogens is 183 g/mol. The number of nitrogens with zero attached hydrogens (tertiary/aromatic N) is 2. The minimum atomic E-state index is -0.429. The van der Waals surface area contributed by atoms with Gasteiger partial charge in [0, 0.05) is 18.7 Å². The first-order valence-electron chi connectivity index (χ1n) is 4.73. The average Bonchev–Trinajstić information content (AvgIpc) is 2.08. The maximum absolute atomic E-state index is 12.8. The van der Waals surface area contributed by atoms with Crippen LogP contribution in [0, 0.1) is 12.9 Å². The number of pyridine rings is 1. The number of likely N-dealkylation sites (tertiary alicyclic amines) is 1. The zero-order valence-corrected chi connectivity index (χ0v) is 8.16. The summed E-state index contributed by atoms with van der Waals surface area (Å²) in [6.45, 7) is 4.44. The Morgan fingerprint density at radius 2 is 2.36 bits per heavy atom. The minimum absolute atomic E-state index is 0.429. The third-order valence-corrected chi connectivity index (χ3v) is 2.35. The van der Waals surface area contributed by atoms with E-state index >= 15 is 0 Å². The molecule has 2 rings (SSSR count). The highest BCUT2D eigenvalue weighted by molar-refractivity contribution is 5.23. The molecule has 0 atom stereocenters. The van der Waals surface area contributed by atoms with Gasteiger partial charge >= 0.3 is 0 Å². The molecule has 1 aromatic heterocycles. The molecule has 14 heavy (non-hydrogen) atoms. The molecule has 1 fully saturated rings. The largest absolute Gasteiger partial charge is 0.477 e. The van der Waals surface area contributed by atoms with Crippen molar-refractivity contribution in [1.29, 1.82) is 0 Å². The van der Waals surface area contributed by atoms with Gasteiger partial charge in [0.25, 0.3) is 0 Å². The number of aromatic nitrogens is 1. The molecule has 0 bridgehead atoms. The summed E-state index contributed by atoms with van der Waals surface area (Å²) >= 11 is 0. The van der Waals surface area contributed by atoms with Gasteiger partial charge < -0.3 is 4.74 Å². The zero-order chi connectivity index (χ0) is 9.97. The van der Waals surface area contributed by atoms with Crippen molar-refractivity contribution in [3.05, 3.63) is 23.8 Å². The first kappa shape index (κ1) is 9.40.